The van der Waals surface area contributed by atoms with Crippen LogP contribution in [0.15, 0.2) is 0 Å². The number of Topliss-reactive ketones (excluding diaryl/α,β-unsaturated/α-hetero) is 1. The number of carbonyl (C=O) groups excluding carboxylic acids is 1. The molecule has 0 bridgehead atoms. The Hall–Kier alpha value is -0.460. The predicted molar refractivity (Wildman–Crippen MR) is 51.7 cm³/mol. The van der Waals surface area contributed by atoms with Crippen LogP contribution < -0.4 is 0 Å². The Morgan fingerprint density at radius 3 is 1.71 bits per heavy atom. The van der Waals surface area contributed by atoms with Crippen LogP contribution in [-0.2, 0) is 14.9 Å². The van der Waals surface area contributed by atoms with Crippen LogP contribution in [0.3, 0.4) is 0 Å². The molecule has 0 aliphatic carbocycles. The fourth-order valence-electron chi connectivity index (χ4n) is 1.09. The molecule has 0 N–H and O–H groups in total. The molecule has 6 heteroatoms. The van der Waals surface area contributed by atoms with Crippen molar-refractivity contribution in [2.75, 3.05) is 33.4 Å². The normalized spacial score (nSPS) is 21.0. The van der Waals surface area contributed by atoms with Crippen LogP contribution in [0.5, 0.6) is 0 Å². The maximum absolute atomic E-state index is 10.7. The molecule has 0 saturated carbocycles. The van der Waals surface area contributed by atoms with Crippen molar-refractivity contribution in [3.63, 3.8) is 0 Å². The van der Waals surface area contributed by atoms with E-state index in [1.54, 1.807) is 0 Å². The SMILES string of the molecule is CS(=O)(=O)[O-].C[N+]1(C)CCC(=O)CC1. The van der Waals surface area contributed by atoms with Crippen molar-refractivity contribution in [2.45, 2.75) is 12.8 Å². The fraction of sp³-hybridized carbons (Fsp3) is 0.875. The molecule has 1 heterocycles. The first kappa shape index (κ1) is 13.5. The summed E-state index contributed by atoms with van der Waals surface area (Å²) in [4.78, 5) is 10.7. The second-order valence-electron chi connectivity index (χ2n) is 4.13. The molecule has 0 amide bonds. The van der Waals surface area contributed by atoms with Gasteiger partial charge in [-0.2, -0.15) is 0 Å². The number of nitrogens with zero attached hydrogens (tertiary/aromatic N) is 1. The van der Waals surface area contributed by atoms with Crippen molar-refractivity contribution in [1.29, 1.82) is 0 Å². The first-order valence-electron chi connectivity index (χ1n) is 4.35. The van der Waals surface area contributed by atoms with Gasteiger partial charge in [0.25, 0.3) is 0 Å². The average Bonchev–Trinajstić information content (AvgIpc) is 1.92. The quantitative estimate of drug-likeness (QED) is 0.413. The summed E-state index contributed by atoms with van der Waals surface area (Å²) in [5, 5.41) is 0. The Bertz CT molecular complexity index is 274. The summed E-state index contributed by atoms with van der Waals surface area (Å²) in [7, 11) is 0.429. The minimum Gasteiger partial charge on any atom is -0.748 e. The van der Waals surface area contributed by atoms with Gasteiger partial charge in [0.1, 0.15) is 5.78 Å². The van der Waals surface area contributed by atoms with E-state index in [0.717, 1.165) is 30.4 Å². The molecular formula is C8H17NO4S. The van der Waals surface area contributed by atoms with Crippen molar-refractivity contribution in [3.8, 4) is 0 Å². The van der Waals surface area contributed by atoms with Gasteiger partial charge >= 0.3 is 0 Å². The highest BCUT2D eigenvalue weighted by molar-refractivity contribution is 7.84. The van der Waals surface area contributed by atoms with Gasteiger partial charge in [-0.15, -0.1) is 0 Å². The van der Waals surface area contributed by atoms with Crippen LogP contribution >= 0.6 is 0 Å². The number of carbonyl (C=O) groups is 1. The number of hydrogen-bond donors (Lipinski definition) is 0. The van der Waals surface area contributed by atoms with Crippen molar-refractivity contribution in [3.05, 3.63) is 0 Å². The number of quaternary nitrogens is 1. The number of rotatable bonds is 0. The standard InChI is InChI=1S/C7H14NO.CH4O3S/c1-8(2)5-3-7(9)4-6-8;1-5(2,3)4/h3-6H2,1-2H3;1H3,(H,2,3,4)/q+1;/p-1. The highest BCUT2D eigenvalue weighted by atomic mass is 32.2. The van der Waals surface area contributed by atoms with Gasteiger partial charge < -0.3 is 9.04 Å². The summed E-state index contributed by atoms with van der Waals surface area (Å²) in [6.07, 6.45) is 2.17. The second kappa shape index (κ2) is 4.86. The molecule has 84 valence electrons. The van der Waals surface area contributed by atoms with Gasteiger partial charge in [0.15, 0.2) is 0 Å². The topological polar surface area (TPSA) is 74.3 Å². The summed E-state index contributed by atoms with van der Waals surface area (Å²) in [6.45, 7) is 2.05. The third-order valence-corrected chi connectivity index (χ3v) is 1.99. The zero-order valence-electron chi connectivity index (χ0n) is 8.82. The van der Waals surface area contributed by atoms with E-state index in [2.05, 4.69) is 14.1 Å². The Morgan fingerprint density at radius 1 is 1.21 bits per heavy atom. The lowest BCUT2D eigenvalue weighted by Crippen LogP contribution is -2.46. The molecule has 0 atom stereocenters. The van der Waals surface area contributed by atoms with Crippen molar-refractivity contribution >= 4 is 15.9 Å². The molecule has 14 heavy (non-hydrogen) atoms. The molecule has 0 aromatic carbocycles. The molecule has 0 unspecified atom stereocenters. The van der Waals surface area contributed by atoms with Crippen LogP contribution in [0.4, 0.5) is 0 Å². The number of hydrogen-bond acceptors (Lipinski definition) is 4. The van der Waals surface area contributed by atoms with E-state index >= 15 is 0 Å². The highest BCUT2D eigenvalue weighted by Gasteiger charge is 2.23. The predicted octanol–water partition coefficient (Wildman–Crippen LogP) is -0.413. The summed E-state index contributed by atoms with van der Waals surface area (Å²) in [5.74, 6) is 0.437. The largest absolute Gasteiger partial charge is 0.748 e. The number of piperidine rings is 1. The monoisotopic (exact) mass is 223 g/mol. The minimum absolute atomic E-state index is 0.437. The van der Waals surface area contributed by atoms with E-state index in [1.807, 2.05) is 0 Å². The lowest BCUT2D eigenvalue weighted by Gasteiger charge is -2.32. The third-order valence-electron chi connectivity index (χ3n) is 1.99. The second-order valence-corrected chi connectivity index (χ2v) is 5.53. The summed E-state index contributed by atoms with van der Waals surface area (Å²) >= 11 is 0. The maximum Gasteiger partial charge on any atom is 0.144 e. The van der Waals surface area contributed by atoms with E-state index in [1.165, 1.54) is 0 Å². The van der Waals surface area contributed by atoms with Crippen molar-refractivity contribution in [1.82, 2.24) is 0 Å². The molecule has 0 radical (unpaired) electrons. The van der Waals surface area contributed by atoms with Gasteiger partial charge in [0.05, 0.1) is 50.1 Å². The molecule has 5 nitrogen and oxygen atoms in total. The van der Waals surface area contributed by atoms with Gasteiger partial charge in [-0.1, -0.05) is 0 Å². The molecular weight excluding hydrogens is 206 g/mol. The van der Waals surface area contributed by atoms with E-state index in [-0.39, 0.29) is 0 Å². The zero-order valence-corrected chi connectivity index (χ0v) is 9.63. The fourth-order valence-corrected chi connectivity index (χ4v) is 1.09. The Labute approximate surface area is 85.1 Å². The molecule has 0 aromatic rings. The maximum atomic E-state index is 10.7. The lowest BCUT2D eigenvalue weighted by molar-refractivity contribution is -0.891. The molecule has 1 fully saturated rings. The Balaban J connectivity index is 0.000000292. The first-order chi connectivity index (χ1) is 6.10. The van der Waals surface area contributed by atoms with Crippen LogP contribution in [0.25, 0.3) is 0 Å². The van der Waals surface area contributed by atoms with Gasteiger partial charge in [-0.25, -0.2) is 8.42 Å². The lowest BCUT2D eigenvalue weighted by atomic mass is 10.1. The molecule has 1 aliphatic rings. The summed E-state index contributed by atoms with van der Waals surface area (Å²) in [6, 6.07) is 0. The molecule has 0 spiro atoms. The molecule has 0 aromatic heterocycles. The zero-order chi connectivity index (χ0) is 11.4. The highest BCUT2D eigenvalue weighted by Crippen LogP contribution is 2.09. The van der Waals surface area contributed by atoms with Crippen LogP contribution in [0.1, 0.15) is 12.8 Å². The Morgan fingerprint density at radius 2 is 1.50 bits per heavy atom. The first-order valence-corrected chi connectivity index (χ1v) is 6.16. The smallest absolute Gasteiger partial charge is 0.144 e. The van der Waals surface area contributed by atoms with Crippen LogP contribution in [-0.4, -0.2) is 56.7 Å². The minimum atomic E-state index is -3.92. The van der Waals surface area contributed by atoms with E-state index in [4.69, 9.17) is 13.0 Å². The van der Waals surface area contributed by atoms with E-state index < -0.39 is 10.1 Å². The summed E-state index contributed by atoms with van der Waals surface area (Å²) < 4.78 is 28.2. The molecule has 1 aliphatic heterocycles. The van der Waals surface area contributed by atoms with Gasteiger partial charge in [0, 0.05) is 6.26 Å². The van der Waals surface area contributed by atoms with E-state index in [0.29, 0.717) is 12.0 Å². The summed E-state index contributed by atoms with van der Waals surface area (Å²) in [5.41, 5.74) is 0. The average molecular weight is 223 g/mol. The van der Waals surface area contributed by atoms with Gasteiger partial charge in [-0.3, -0.25) is 4.79 Å². The molecule has 1 rings (SSSR count). The number of ketones is 1. The van der Waals surface area contributed by atoms with Crippen molar-refractivity contribution < 1.29 is 22.2 Å². The van der Waals surface area contributed by atoms with Crippen LogP contribution in [0, 0.1) is 0 Å². The third kappa shape index (κ3) is 9.63. The van der Waals surface area contributed by atoms with Crippen LogP contribution in [0.2, 0.25) is 0 Å². The van der Waals surface area contributed by atoms with Gasteiger partial charge in [-0.05, 0) is 0 Å². The van der Waals surface area contributed by atoms with Crippen molar-refractivity contribution in [2.24, 2.45) is 0 Å². The molecule has 1 saturated heterocycles. The van der Waals surface area contributed by atoms with Gasteiger partial charge in [0.2, 0.25) is 0 Å². The van der Waals surface area contributed by atoms with E-state index in [9.17, 15) is 4.79 Å². The number of likely N-dealkylation sites (tertiary alicyclic amines) is 1. The Kier molecular flexibility index (Phi) is 4.70.